The maximum Gasteiger partial charge on any atom is 0.373 e. The highest BCUT2D eigenvalue weighted by molar-refractivity contribution is 8.00. The van der Waals surface area contributed by atoms with Crippen molar-refractivity contribution >= 4 is 52.9 Å². The minimum absolute atomic E-state index is 0.187. The van der Waals surface area contributed by atoms with E-state index in [2.05, 4.69) is 9.84 Å². The molecule has 5 nitrogen and oxygen atoms in total. The maximum atomic E-state index is 11.4. The van der Waals surface area contributed by atoms with Crippen LogP contribution in [-0.2, 0) is 10.5 Å². The summed E-state index contributed by atoms with van der Waals surface area (Å²) in [7, 11) is 1.31. The molecule has 0 saturated carbocycles. The number of halogens is 1. The fourth-order valence-electron chi connectivity index (χ4n) is 1.86. The summed E-state index contributed by atoms with van der Waals surface area (Å²) in [5.41, 5.74) is 0.860. The van der Waals surface area contributed by atoms with Gasteiger partial charge in [-0.1, -0.05) is 34.7 Å². The molecule has 0 aliphatic rings. The van der Waals surface area contributed by atoms with Crippen LogP contribution in [0.4, 0.5) is 0 Å². The zero-order chi connectivity index (χ0) is 17.1. The van der Waals surface area contributed by atoms with Crippen LogP contribution < -0.4 is 0 Å². The molecular weight excluding hydrogens is 388 g/mol. The van der Waals surface area contributed by atoms with E-state index >= 15 is 0 Å². The number of benzene rings is 1. The van der Waals surface area contributed by atoms with E-state index in [-0.39, 0.29) is 5.76 Å². The molecule has 124 valence electrons. The zero-order valence-electron chi connectivity index (χ0n) is 12.4. The van der Waals surface area contributed by atoms with Crippen LogP contribution in [0, 0.1) is 3.95 Å². The number of carbonyl (C=O) groups excluding carboxylic acids is 1. The van der Waals surface area contributed by atoms with Crippen LogP contribution >= 0.6 is 46.9 Å². The van der Waals surface area contributed by atoms with E-state index in [1.54, 1.807) is 28.9 Å². The van der Waals surface area contributed by atoms with Gasteiger partial charge < -0.3 is 9.15 Å². The molecular formula is C15H11ClN2O3S3. The molecule has 9 heteroatoms. The average molecular weight is 399 g/mol. The van der Waals surface area contributed by atoms with Gasteiger partial charge in [-0.15, -0.1) is 5.10 Å². The van der Waals surface area contributed by atoms with E-state index in [0.717, 1.165) is 10.0 Å². The number of hydrogen-bond donors (Lipinski definition) is 0. The smallest absolute Gasteiger partial charge is 0.373 e. The Labute approximate surface area is 156 Å². The summed E-state index contributed by atoms with van der Waals surface area (Å²) in [6.07, 6.45) is 0. The van der Waals surface area contributed by atoms with E-state index in [0.29, 0.717) is 20.5 Å². The van der Waals surface area contributed by atoms with Gasteiger partial charge in [-0.05, 0) is 48.6 Å². The summed E-state index contributed by atoms with van der Waals surface area (Å²) in [6, 6.07) is 10.7. The van der Waals surface area contributed by atoms with Crippen molar-refractivity contribution in [2.75, 3.05) is 7.11 Å². The van der Waals surface area contributed by atoms with Crippen LogP contribution in [0.25, 0.3) is 5.69 Å². The molecule has 0 spiro atoms. The van der Waals surface area contributed by atoms with E-state index < -0.39 is 5.97 Å². The van der Waals surface area contributed by atoms with E-state index in [9.17, 15) is 4.79 Å². The lowest BCUT2D eigenvalue weighted by Crippen LogP contribution is -1.98. The molecule has 0 atom stereocenters. The summed E-state index contributed by atoms with van der Waals surface area (Å²) in [4.78, 5) is 11.4. The van der Waals surface area contributed by atoms with Gasteiger partial charge in [0.05, 0.1) is 18.6 Å². The highest BCUT2D eigenvalue weighted by atomic mass is 35.5. The Bertz CT molecular complexity index is 915. The highest BCUT2D eigenvalue weighted by Crippen LogP contribution is 2.28. The molecule has 0 amide bonds. The molecule has 3 rings (SSSR count). The van der Waals surface area contributed by atoms with Crippen LogP contribution in [-0.4, -0.2) is 22.9 Å². The highest BCUT2D eigenvalue weighted by Gasteiger charge is 2.12. The lowest BCUT2D eigenvalue weighted by molar-refractivity contribution is 0.0563. The maximum absolute atomic E-state index is 11.4. The number of nitrogens with zero attached hydrogens (tertiary/aromatic N) is 2. The summed E-state index contributed by atoms with van der Waals surface area (Å²) in [5, 5.41) is 5.16. The second kappa shape index (κ2) is 7.52. The first kappa shape index (κ1) is 17.2. The Morgan fingerprint density at radius 1 is 1.38 bits per heavy atom. The predicted molar refractivity (Wildman–Crippen MR) is 96.9 cm³/mol. The fraction of sp³-hybridized carbons (Fsp3) is 0.133. The second-order valence-corrected chi connectivity index (χ2v) is 7.85. The quantitative estimate of drug-likeness (QED) is 0.343. The number of methoxy groups -OCH3 is 1. The largest absolute Gasteiger partial charge is 0.463 e. The Morgan fingerprint density at radius 2 is 2.12 bits per heavy atom. The summed E-state index contributed by atoms with van der Waals surface area (Å²) >= 11 is 14.2. The first-order valence-corrected chi connectivity index (χ1v) is 9.31. The van der Waals surface area contributed by atoms with Crippen molar-refractivity contribution in [3.63, 3.8) is 0 Å². The number of hydrogen-bond acceptors (Lipinski definition) is 7. The van der Waals surface area contributed by atoms with Crippen molar-refractivity contribution in [1.29, 1.82) is 0 Å². The van der Waals surface area contributed by atoms with Crippen molar-refractivity contribution in [2.45, 2.75) is 10.1 Å². The molecule has 0 unspecified atom stereocenters. The molecule has 0 aliphatic carbocycles. The summed E-state index contributed by atoms with van der Waals surface area (Å²) in [5.74, 6) is 0.904. The van der Waals surface area contributed by atoms with Crippen molar-refractivity contribution in [2.24, 2.45) is 0 Å². The molecule has 2 heterocycles. The monoisotopic (exact) mass is 398 g/mol. The van der Waals surface area contributed by atoms with Crippen LogP contribution in [0.2, 0.25) is 5.02 Å². The Morgan fingerprint density at radius 3 is 2.83 bits per heavy atom. The number of carbonyl (C=O) groups is 1. The molecule has 1 aromatic carbocycles. The molecule has 2 aromatic heterocycles. The van der Waals surface area contributed by atoms with Gasteiger partial charge in [0.1, 0.15) is 5.76 Å². The topological polar surface area (TPSA) is 57.3 Å². The van der Waals surface area contributed by atoms with Gasteiger partial charge in [-0.25, -0.2) is 9.48 Å². The first-order valence-electron chi connectivity index (χ1n) is 6.73. The number of rotatable bonds is 5. The van der Waals surface area contributed by atoms with E-state index in [4.69, 9.17) is 28.2 Å². The predicted octanol–water partition coefficient (Wildman–Crippen LogP) is 4.99. The van der Waals surface area contributed by atoms with Gasteiger partial charge in [-0.3, -0.25) is 0 Å². The SMILES string of the molecule is COC(=O)c1ccc(CSc2nn(-c3ccc(Cl)cc3)c(=S)s2)o1. The van der Waals surface area contributed by atoms with Crippen molar-refractivity contribution in [1.82, 2.24) is 9.78 Å². The van der Waals surface area contributed by atoms with Crippen molar-refractivity contribution in [3.8, 4) is 5.69 Å². The second-order valence-electron chi connectivity index (χ2n) is 4.57. The Kier molecular flexibility index (Phi) is 5.40. The van der Waals surface area contributed by atoms with Crippen LogP contribution in [0.5, 0.6) is 0 Å². The third-order valence-corrected chi connectivity index (χ3v) is 5.63. The minimum atomic E-state index is -0.492. The first-order chi connectivity index (χ1) is 11.6. The standard InChI is InChI=1S/C15H11ClN2O3S3/c1-20-13(19)12-7-6-11(21-12)8-23-14-17-18(15(22)24-14)10-4-2-9(16)3-5-10/h2-7H,8H2,1H3. The molecule has 0 saturated heterocycles. The minimum Gasteiger partial charge on any atom is -0.463 e. The van der Waals surface area contributed by atoms with Crippen LogP contribution in [0.15, 0.2) is 45.2 Å². The fourth-order valence-corrected chi connectivity index (χ4v) is 4.24. The Hall–Kier alpha value is -1.61. The number of furan rings is 1. The van der Waals surface area contributed by atoms with Crippen molar-refractivity contribution < 1.29 is 13.9 Å². The van der Waals surface area contributed by atoms with E-state index in [1.165, 1.54) is 30.2 Å². The number of esters is 1. The molecule has 0 radical (unpaired) electrons. The van der Waals surface area contributed by atoms with Gasteiger partial charge in [-0.2, -0.15) is 0 Å². The molecule has 0 aliphatic heterocycles. The van der Waals surface area contributed by atoms with Gasteiger partial charge >= 0.3 is 5.97 Å². The third-order valence-electron chi connectivity index (χ3n) is 2.99. The molecule has 3 aromatic rings. The lowest BCUT2D eigenvalue weighted by Gasteiger charge is -2.00. The Balaban J connectivity index is 1.71. The number of aromatic nitrogens is 2. The molecule has 0 N–H and O–H groups in total. The lowest BCUT2D eigenvalue weighted by atomic mass is 10.3. The summed E-state index contributed by atoms with van der Waals surface area (Å²) < 4.78 is 13.2. The average Bonchev–Trinajstić information content (AvgIpc) is 3.20. The van der Waals surface area contributed by atoms with Gasteiger partial charge in [0, 0.05) is 5.02 Å². The van der Waals surface area contributed by atoms with Crippen LogP contribution in [0.3, 0.4) is 0 Å². The van der Waals surface area contributed by atoms with Gasteiger partial charge in [0.15, 0.2) is 8.29 Å². The van der Waals surface area contributed by atoms with Crippen molar-refractivity contribution in [3.05, 3.63) is 56.9 Å². The molecule has 0 fully saturated rings. The van der Waals surface area contributed by atoms with Crippen LogP contribution in [0.1, 0.15) is 16.3 Å². The number of ether oxygens (including phenoxy) is 1. The van der Waals surface area contributed by atoms with Gasteiger partial charge in [0.2, 0.25) is 5.76 Å². The summed E-state index contributed by atoms with van der Waals surface area (Å²) in [6.45, 7) is 0. The van der Waals surface area contributed by atoms with Gasteiger partial charge in [0.25, 0.3) is 0 Å². The number of thioether (sulfide) groups is 1. The molecule has 0 bridgehead atoms. The van der Waals surface area contributed by atoms with E-state index in [1.807, 2.05) is 12.1 Å². The molecule has 24 heavy (non-hydrogen) atoms. The third kappa shape index (κ3) is 3.89. The zero-order valence-corrected chi connectivity index (χ0v) is 15.6. The normalized spacial score (nSPS) is 10.8.